The first-order chi connectivity index (χ1) is 12.7. The maximum Gasteiger partial charge on any atom is 0.239 e. The van der Waals surface area contributed by atoms with Gasteiger partial charge in [0.25, 0.3) is 0 Å². The fraction of sp³-hybridized carbons (Fsp3) is 0.550. The molecular weight excluding hydrogens is 342 g/mol. The molecule has 1 aromatic rings. The van der Waals surface area contributed by atoms with Gasteiger partial charge in [-0.05, 0) is 51.8 Å². The highest BCUT2D eigenvalue weighted by Gasteiger charge is 2.13. The summed E-state index contributed by atoms with van der Waals surface area (Å²) < 4.78 is 0. The number of carbonyl (C=O) groups is 2. The molecule has 0 unspecified atom stereocenters. The van der Waals surface area contributed by atoms with Crippen molar-refractivity contribution in [1.82, 2.24) is 16.0 Å². The topological polar surface area (TPSA) is 94.6 Å². The molecule has 0 saturated heterocycles. The van der Waals surface area contributed by atoms with Crippen LogP contribution in [0.15, 0.2) is 29.3 Å². The molecule has 0 atom stereocenters. The van der Waals surface area contributed by atoms with Crippen LogP contribution in [0.4, 0.5) is 5.69 Å². The van der Waals surface area contributed by atoms with Crippen molar-refractivity contribution in [2.75, 3.05) is 18.4 Å². The third-order valence-electron chi connectivity index (χ3n) is 3.41. The Kier molecular flexibility index (Phi) is 9.33. The van der Waals surface area contributed by atoms with Gasteiger partial charge in [-0.15, -0.1) is 0 Å². The van der Waals surface area contributed by atoms with E-state index >= 15 is 0 Å². The summed E-state index contributed by atoms with van der Waals surface area (Å²) in [5.41, 5.74) is 1.53. The summed E-state index contributed by atoms with van der Waals surface area (Å²) in [5.74, 6) is 0.526. The predicted molar refractivity (Wildman–Crippen MR) is 111 cm³/mol. The lowest BCUT2D eigenvalue weighted by molar-refractivity contribution is -0.121. The molecule has 150 valence electrons. The Balaban J connectivity index is 2.59. The Labute approximate surface area is 162 Å². The average molecular weight is 376 g/mol. The van der Waals surface area contributed by atoms with Crippen molar-refractivity contribution >= 4 is 23.5 Å². The SMILES string of the molecule is CCCC(=O)Nc1ccc(CN=C(NCC)NCC(=O)NC(C)(C)C)cc1. The van der Waals surface area contributed by atoms with E-state index in [4.69, 9.17) is 0 Å². The summed E-state index contributed by atoms with van der Waals surface area (Å²) >= 11 is 0. The molecule has 0 heterocycles. The van der Waals surface area contributed by atoms with Gasteiger partial charge in [-0.2, -0.15) is 0 Å². The van der Waals surface area contributed by atoms with E-state index in [0.717, 1.165) is 17.7 Å². The van der Waals surface area contributed by atoms with Gasteiger partial charge in [0.1, 0.15) is 0 Å². The Morgan fingerprint density at radius 2 is 1.67 bits per heavy atom. The third-order valence-corrected chi connectivity index (χ3v) is 3.41. The molecule has 0 aliphatic carbocycles. The van der Waals surface area contributed by atoms with E-state index in [0.29, 0.717) is 25.5 Å². The Hall–Kier alpha value is -2.57. The van der Waals surface area contributed by atoms with Crippen LogP contribution in [0.2, 0.25) is 0 Å². The second-order valence-corrected chi connectivity index (χ2v) is 7.34. The second kappa shape index (κ2) is 11.2. The number of nitrogens with zero attached hydrogens (tertiary/aromatic N) is 1. The van der Waals surface area contributed by atoms with E-state index in [-0.39, 0.29) is 23.9 Å². The minimum Gasteiger partial charge on any atom is -0.357 e. The molecule has 0 aromatic heterocycles. The number of amides is 2. The molecule has 1 rings (SSSR count). The molecule has 0 spiro atoms. The molecule has 2 amide bonds. The van der Waals surface area contributed by atoms with Crippen molar-refractivity contribution in [3.8, 4) is 0 Å². The maximum atomic E-state index is 11.9. The van der Waals surface area contributed by atoms with Gasteiger partial charge in [-0.3, -0.25) is 9.59 Å². The smallest absolute Gasteiger partial charge is 0.239 e. The fourth-order valence-electron chi connectivity index (χ4n) is 2.28. The summed E-state index contributed by atoms with van der Waals surface area (Å²) in [6.07, 6.45) is 1.35. The van der Waals surface area contributed by atoms with Crippen LogP contribution in [-0.4, -0.2) is 36.4 Å². The van der Waals surface area contributed by atoms with E-state index in [1.165, 1.54) is 0 Å². The lowest BCUT2D eigenvalue weighted by Crippen LogP contribution is -2.48. The molecule has 0 bridgehead atoms. The number of carbonyl (C=O) groups excluding carboxylic acids is 2. The number of benzene rings is 1. The lowest BCUT2D eigenvalue weighted by atomic mass is 10.1. The van der Waals surface area contributed by atoms with Crippen molar-refractivity contribution in [2.45, 2.75) is 59.5 Å². The van der Waals surface area contributed by atoms with Crippen molar-refractivity contribution in [3.63, 3.8) is 0 Å². The highest BCUT2D eigenvalue weighted by Crippen LogP contribution is 2.11. The number of nitrogens with one attached hydrogen (secondary N) is 4. The van der Waals surface area contributed by atoms with Crippen LogP contribution in [0.1, 0.15) is 53.0 Å². The molecule has 0 aliphatic heterocycles. The van der Waals surface area contributed by atoms with E-state index in [9.17, 15) is 9.59 Å². The summed E-state index contributed by atoms with van der Waals surface area (Å²) in [6.45, 7) is 11.1. The van der Waals surface area contributed by atoms with Gasteiger partial charge in [-0.1, -0.05) is 19.1 Å². The van der Waals surface area contributed by atoms with Crippen LogP contribution in [-0.2, 0) is 16.1 Å². The Morgan fingerprint density at radius 3 is 2.22 bits per heavy atom. The number of guanidine groups is 1. The molecule has 0 radical (unpaired) electrons. The predicted octanol–water partition coefficient (Wildman–Crippen LogP) is 2.40. The van der Waals surface area contributed by atoms with Crippen molar-refractivity contribution < 1.29 is 9.59 Å². The highest BCUT2D eigenvalue weighted by molar-refractivity contribution is 5.90. The van der Waals surface area contributed by atoms with Crippen LogP contribution in [0.5, 0.6) is 0 Å². The molecule has 0 aliphatic rings. The monoisotopic (exact) mass is 375 g/mol. The average Bonchev–Trinajstić information content (AvgIpc) is 2.57. The standard InChI is InChI=1S/C20H33N5O2/c1-6-8-17(26)24-16-11-9-15(10-12-16)13-22-19(21-7-2)23-14-18(27)25-20(3,4)5/h9-12H,6-8,13-14H2,1-5H3,(H,24,26)(H,25,27)(H2,21,22,23). The highest BCUT2D eigenvalue weighted by atomic mass is 16.2. The van der Waals surface area contributed by atoms with Gasteiger partial charge in [0.05, 0.1) is 13.1 Å². The van der Waals surface area contributed by atoms with Crippen molar-refractivity contribution in [3.05, 3.63) is 29.8 Å². The summed E-state index contributed by atoms with van der Waals surface area (Å²) in [5, 5.41) is 11.9. The van der Waals surface area contributed by atoms with Crippen LogP contribution >= 0.6 is 0 Å². The second-order valence-electron chi connectivity index (χ2n) is 7.34. The first kappa shape index (κ1) is 22.5. The number of hydrogen-bond acceptors (Lipinski definition) is 3. The normalized spacial score (nSPS) is 11.7. The third kappa shape index (κ3) is 10.2. The van der Waals surface area contributed by atoms with Crippen LogP contribution in [0.3, 0.4) is 0 Å². The molecule has 1 aromatic carbocycles. The van der Waals surface area contributed by atoms with Crippen LogP contribution < -0.4 is 21.3 Å². The Bertz CT molecular complexity index is 633. The zero-order valence-electron chi connectivity index (χ0n) is 17.1. The van der Waals surface area contributed by atoms with Gasteiger partial charge in [-0.25, -0.2) is 4.99 Å². The van der Waals surface area contributed by atoms with E-state index < -0.39 is 0 Å². The van der Waals surface area contributed by atoms with E-state index in [1.807, 2.05) is 58.9 Å². The molecule has 7 nitrogen and oxygen atoms in total. The molecular formula is C20H33N5O2. The lowest BCUT2D eigenvalue weighted by Gasteiger charge is -2.21. The fourth-order valence-corrected chi connectivity index (χ4v) is 2.28. The van der Waals surface area contributed by atoms with E-state index in [2.05, 4.69) is 26.3 Å². The molecule has 27 heavy (non-hydrogen) atoms. The number of aliphatic imine (C=N–C) groups is 1. The van der Waals surface area contributed by atoms with Gasteiger partial charge in [0, 0.05) is 24.2 Å². The van der Waals surface area contributed by atoms with Gasteiger partial charge < -0.3 is 21.3 Å². The molecule has 0 fully saturated rings. The summed E-state index contributed by atoms with van der Waals surface area (Å²) in [4.78, 5) is 28.0. The van der Waals surface area contributed by atoms with Crippen LogP contribution in [0.25, 0.3) is 0 Å². The molecule has 4 N–H and O–H groups in total. The quantitative estimate of drug-likeness (QED) is 0.414. The largest absolute Gasteiger partial charge is 0.357 e. The Morgan fingerprint density at radius 1 is 1.00 bits per heavy atom. The number of anilines is 1. The van der Waals surface area contributed by atoms with E-state index in [1.54, 1.807) is 0 Å². The summed E-state index contributed by atoms with van der Waals surface area (Å²) in [6, 6.07) is 7.60. The number of hydrogen-bond donors (Lipinski definition) is 4. The van der Waals surface area contributed by atoms with Crippen molar-refractivity contribution in [1.29, 1.82) is 0 Å². The van der Waals surface area contributed by atoms with Crippen LogP contribution in [0, 0.1) is 0 Å². The zero-order chi connectivity index (χ0) is 20.3. The van der Waals surface area contributed by atoms with Gasteiger partial charge >= 0.3 is 0 Å². The van der Waals surface area contributed by atoms with Gasteiger partial charge in [0.15, 0.2) is 5.96 Å². The first-order valence-electron chi connectivity index (χ1n) is 9.45. The minimum absolute atomic E-state index is 0.0236. The maximum absolute atomic E-state index is 11.9. The summed E-state index contributed by atoms with van der Waals surface area (Å²) in [7, 11) is 0. The van der Waals surface area contributed by atoms with Gasteiger partial charge in [0.2, 0.25) is 11.8 Å². The molecule has 7 heteroatoms. The first-order valence-corrected chi connectivity index (χ1v) is 9.45. The molecule has 0 saturated carbocycles. The number of rotatable bonds is 8. The zero-order valence-corrected chi connectivity index (χ0v) is 17.1. The minimum atomic E-state index is -0.261. The van der Waals surface area contributed by atoms with Crippen molar-refractivity contribution in [2.24, 2.45) is 4.99 Å².